The van der Waals surface area contributed by atoms with Crippen molar-refractivity contribution in [3.8, 4) is 5.75 Å². The van der Waals surface area contributed by atoms with Gasteiger partial charge < -0.3 is 20.3 Å². The predicted molar refractivity (Wildman–Crippen MR) is 101 cm³/mol. The molecule has 2 saturated heterocycles. The van der Waals surface area contributed by atoms with Crippen LogP contribution in [0, 0.1) is 12.8 Å². The Morgan fingerprint density at radius 2 is 2.08 bits per heavy atom. The van der Waals surface area contributed by atoms with E-state index in [9.17, 15) is 4.79 Å². The van der Waals surface area contributed by atoms with Crippen LogP contribution in [0.3, 0.4) is 0 Å². The van der Waals surface area contributed by atoms with Gasteiger partial charge in [0, 0.05) is 6.04 Å². The summed E-state index contributed by atoms with van der Waals surface area (Å²) >= 11 is 0. The minimum Gasteiger partial charge on any atom is -0.495 e. The number of methoxy groups -OCH3 is 1. The molecule has 25 heavy (non-hydrogen) atoms. The molecule has 2 aliphatic heterocycles. The molecule has 0 saturated carbocycles. The highest BCUT2D eigenvalue weighted by Gasteiger charge is 2.32. The molecule has 138 valence electrons. The average molecular weight is 345 g/mol. The van der Waals surface area contributed by atoms with Crippen LogP contribution in [-0.2, 0) is 4.79 Å². The normalized spacial score (nSPS) is 23.8. The molecule has 0 radical (unpaired) electrons. The molecule has 1 amide bonds. The first-order valence-electron chi connectivity index (χ1n) is 9.56. The molecule has 1 aromatic carbocycles. The molecule has 2 N–H and O–H groups in total. The third-order valence-electron chi connectivity index (χ3n) is 5.55. The largest absolute Gasteiger partial charge is 0.495 e. The molecular formula is C20H31N3O2. The number of benzene rings is 1. The minimum absolute atomic E-state index is 0.0137. The smallest absolute Gasteiger partial charge is 0.238 e. The first-order chi connectivity index (χ1) is 12.2. The Labute approximate surface area is 151 Å². The lowest BCUT2D eigenvalue weighted by molar-refractivity contribution is -0.115. The molecule has 2 heterocycles. The maximum Gasteiger partial charge on any atom is 0.238 e. The predicted octanol–water partition coefficient (Wildman–Crippen LogP) is 2.80. The summed E-state index contributed by atoms with van der Waals surface area (Å²) in [5.41, 5.74) is 1.84. The zero-order valence-electron chi connectivity index (χ0n) is 15.5. The summed E-state index contributed by atoms with van der Waals surface area (Å²) in [6, 6.07) is 6.52. The summed E-state index contributed by atoms with van der Waals surface area (Å²) in [5.74, 6) is 1.36. The Bertz CT molecular complexity index is 588. The van der Waals surface area contributed by atoms with E-state index in [1.807, 2.05) is 25.1 Å². The first kappa shape index (κ1) is 18.2. The number of hydrogen-bond acceptors (Lipinski definition) is 4. The van der Waals surface area contributed by atoms with Gasteiger partial charge in [-0.05, 0) is 75.9 Å². The topological polar surface area (TPSA) is 53.6 Å². The van der Waals surface area contributed by atoms with E-state index in [2.05, 4.69) is 15.5 Å². The van der Waals surface area contributed by atoms with E-state index in [0.29, 0.717) is 18.2 Å². The lowest BCUT2D eigenvalue weighted by Crippen LogP contribution is -2.50. The lowest BCUT2D eigenvalue weighted by atomic mass is 9.83. The third-order valence-corrected chi connectivity index (χ3v) is 5.55. The fourth-order valence-corrected chi connectivity index (χ4v) is 4.30. The monoisotopic (exact) mass is 345 g/mol. The Hall–Kier alpha value is -1.59. The molecule has 0 aliphatic carbocycles. The highest BCUT2D eigenvalue weighted by molar-refractivity contribution is 5.93. The number of nitrogens with zero attached hydrogens (tertiary/aromatic N) is 1. The Kier molecular flexibility index (Phi) is 6.32. The van der Waals surface area contributed by atoms with Crippen molar-refractivity contribution in [2.24, 2.45) is 5.92 Å². The molecule has 0 aromatic heterocycles. The van der Waals surface area contributed by atoms with Crippen LogP contribution >= 0.6 is 0 Å². The van der Waals surface area contributed by atoms with Crippen molar-refractivity contribution in [2.75, 3.05) is 38.6 Å². The van der Waals surface area contributed by atoms with Gasteiger partial charge in [-0.3, -0.25) is 4.79 Å². The van der Waals surface area contributed by atoms with E-state index in [-0.39, 0.29) is 5.91 Å². The van der Waals surface area contributed by atoms with Crippen LogP contribution in [0.5, 0.6) is 5.75 Å². The number of carbonyl (C=O) groups excluding carboxylic acids is 1. The highest BCUT2D eigenvalue weighted by atomic mass is 16.5. The summed E-state index contributed by atoms with van der Waals surface area (Å²) in [6.07, 6.45) is 6.58. The SMILES string of the molecule is COc1ccc(C)cc1NC(=O)CNC[C@@H]1CCCN2CCCC[C@H]12. The van der Waals surface area contributed by atoms with E-state index < -0.39 is 0 Å². The first-order valence-corrected chi connectivity index (χ1v) is 9.56. The number of piperidine rings is 2. The molecule has 5 nitrogen and oxygen atoms in total. The van der Waals surface area contributed by atoms with Gasteiger partial charge in [-0.25, -0.2) is 0 Å². The second-order valence-electron chi connectivity index (χ2n) is 7.38. The Morgan fingerprint density at radius 3 is 2.92 bits per heavy atom. The van der Waals surface area contributed by atoms with Crippen LogP contribution in [0.1, 0.15) is 37.7 Å². The van der Waals surface area contributed by atoms with Crippen molar-refractivity contribution in [1.29, 1.82) is 0 Å². The van der Waals surface area contributed by atoms with Gasteiger partial charge in [0.05, 0.1) is 19.3 Å². The van der Waals surface area contributed by atoms with Crippen LogP contribution in [0.2, 0.25) is 0 Å². The maximum absolute atomic E-state index is 12.3. The molecule has 0 unspecified atom stereocenters. The van der Waals surface area contributed by atoms with Gasteiger partial charge >= 0.3 is 0 Å². The quantitative estimate of drug-likeness (QED) is 0.832. The Morgan fingerprint density at radius 1 is 1.24 bits per heavy atom. The lowest BCUT2D eigenvalue weighted by Gasteiger charge is -2.44. The van der Waals surface area contributed by atoms with E-state index >= 15 is 0 Å². The van der Waals surface area contributed by atoms with Crippen molar-refractivity contribution in [2.45, 2.75) is 45.1 Å². The maximum atomic E-state index is 12.3. The number of hydrogen-bond donors (Lipinski definition) is 2. The zero-order valence-corrected chi connectivity index (χ0v) is 15.5. The summed E-state index contributed by atoms with van der Waals surface area (Å²) in [5, 5.41) is 6.34. The van der Waals surface area contributed by atoms with E-state index in [0.717, 1.165) is 23.8 Å². The fraction of sp³-hybridized carbons (Fsp3) is 0.650. The number of anilines is 1. The molecule has 1 aromatic rings. The number of carbonyl (C=O) groups is 1. The minimum atomic E-state index is -0.0137. The third kappa shape index (κ3) is 4.73. The molecule has 3 rings (SSSR count). The van der Waals surface area contributed by atoms with E-state index in [1.165, 1.54) is 45.2 Å². The second-order valence-corrected chi connectivity index (χ2v) is 7.38. The molecule has 0 bridgehead atoms. The zero-order chi connectivity index (χ0) is 17.6. The van der Waals surface area contributed by atoms with Crippen molar-refractivity contribution in [3.05, 3.63) is 23.8 Å². The molecule has 2 fully saturated rings. The summed E-state index contributed by atoms with van der Waals surface area (Å²) in [4.78, 5) is 14.9. The van der Waals surface area contributed by atoms with Gasteiger partial charge in [0.1, 0.15) is 5.75 Å². The summed E-state index contributed by atoms with van der Waals surface area (Å²) < 4.78 is 5.32. The number of ether oxygens (including phenoxy) is 1. The van der Waals surface area contributed by atoms with Crippen LogP contribution < -0.4 is 15.4 Å². The van der Waals surface area contributed by atoms with Gasteiger partial charge in [-0.15, -0.1) is 0 Å². The van der Waals surface area contributed by atoms with Crippen molar-refractivity contribution >= 4 is 11.6 Å². The van der Waals surface area contributed by atoms with Gasteiger partial charge in [0.2, 0.25) is 5.91 Å². The van der Waals surface area contributed by atoms with Gasteiger partial charge in [-0.2, -0.15) is 0 Å². The standard InChI is InChI=1S/C20H31N3O2/c1-15-8-9-19(25-2)17(12-15)22-20(24)14-21-13-16-6-5-11-23-10-4-3-7-18(16)23/h8-9,12,16,18,21H,3-7,10-11,13-14H2,1-2H3,(H,22,24)/t16-,18+/m0/s1. The molecule has 0 spiro atoms. The van der Waals surface area contributed by atoms with Crippen molar-refractivity contribution < 1.29 is 9.53 Å². The van der Waals surface area contributed by atoms with Crippen LogP contribution in [0.25, 0.3) is 0 Å². The highest BCUT2D eigenvalue weighted by Crippen LogP contribution is 2.30. The number of amides is 1. The van der Waals surface area contributed by atoms with E-state index in [1.54, 1.807) is 7.11 Å². The molecule has 5 heteroatoms. The van der Waals surface area contributed by atoms with Gasteiger partial charge in [0.25, 0.3) is 0 Å². The summed E-state index contributed by atoms with van der Waals surface area (Å²) in [7, 11) is 1.62. The second kappa shape index (κ2) is 8.68. The summed E-state index contributed by atoms with van der Waals surface area (Å²) in [6.45, 7) is 5.80. The Balaban J connectivity index is 1.47. The van der Waals surface area contributed by atoms with Crippen LogP contribution in [-0.4, -0.2) is 50.1 Å². The number of nitrogens with one attached hydrogen (secondary N) is 2. The van der Waals surface area contributed by atoms with Crippen LogP contribution in [0.4, 0.5) is 5.69 Å². The van der Waals surface area contributed by atoms with Gasteiger partial charge in [-0.1, -0.05) is 12.5 Å². The van der Waals surface area contributed by atoms with Crippen molar-refractivity contribution in [3.63, 3.8) is 0 Å². The molecule has 2 aliphatic rings. The van der Waals surface area contributed by atoms with Crippen LogP contribution in [0.15, 0.2) is 18.2 Å². The average Bonchev–Trinajstić information content (AvgIpc) is 2.62. The molecule has 2 atom stereocenters. The number of rotatable bonds is 6. The van der Waals surface area contributed by atoms with Crippen molar-refractivity contribution in [1.82, 2.24) is 10.2 Å². The van der Waals surface area contributed by atoms with E-state index in [4.69, 9.17) is 4.74 Å². The molecular weight excluding hydrogens is 314 g/mol. The number of fused-ring (bicyclic) bond motifs is 1. The fourth-order valence-electron chi connectivity index (χ4n) is 4.30. The van der Waals surface area contributed by atoms with Gasteiger partial charge in [0.15, 0.2) is 0 Å². The number of aryl methyl sites for hydroxylation is 1.